The molecular formula is C9H14BrN. The Labute approximate surface area is 77.0 Å². The maximum absolute atomic E-state index is 4.12. The summed E-state index contributed by atoms with van der Waals surface area (Å²) in [6, 6.07) is 0. The summed E-state index contributed by atoms with van der Waals surface area (Å²) >= 11 is 3.39. The molecular weight excluding hydrogens is 202 g/mol. The van der Waals surface area contributed by atoms with Gasteiger partial charge < -0.3 is 0 Å². The number of hydrogen-bond acceptors (Lipinski definition) is 1. The quantitative estimate of drug-likeness (QED) is 0.506. The minimum Gasteiger partial charge on any atom is -0.293 e. The van der Waals surface area contributed by atoms with Crippen molar-refractivity contribution in [3.63, 3.8) is 0 Å². The summed E-state index contributed by atoms with van der Waals surface area (Å²) in [6.07, 6.45) is 5.92. The van der Waals surface area contributed by atoms with E-state index < -0.39 is 0 Å². The fraction of sp³-hybridized carbons (Fsp3) is 0.444. The Bertz CT molecular complexity index is 190. The lowest BCUT2D eigenvalue weighted by Gasteiger charge is -1.90. The summed E-state index contributed by atoms with van der Waals surface area (Å²) < 4.78 is 1.09. The van der Waals surface area contributed by atoms with Gasteiger partial charge in [-0.05, 0) is 32.4 Å². The van der Waals surface area contributed by atoms with E-state index in [2.05, 4.69) is 20.9 Å². The third kappa shape index (κ3) is 6.05. The summed E-state index contributed by atoms with van der Waals surface area (Å²) in [4.78, 5) is 4.12. The second-order valence-electron chi connectivity index (χ2n) is 2.19. The summed E-state index contributed by atoms with van der Waals surface area (Å²) in [6.45, 7) is 6.89. The first-order chi connectivity index (χ1) is 5.20. The van der Waals surface area contributed by atoms with E-state index in [0.29, 0.717) is 0 Å². The average Bonchev–Trinajstić information content (AvgIpc) is 2.00. The topological polar surface area (TPSA) is 12.4 Å². The molecule has 0 aliphatic heterocycles. The van der Waals surface area contributed by atoms with E-state index in [4.69, 9.17) is 0 Å². The van der Waals surface area contributed by atoms with E-state index in [1.807, 2.05) is 39.1 Å². The van der Waals surface area contributed by atoms with Gasteiger partial charge in [-0.2, -0.15) is 0 Å². The number of hydrogen-bond donors (Lipinski definition) is 0. The minimum atomic E-state index is 0.846. The highest BCUT2D eigenvalue weighted by atomic mass is 79.9. The fourth-order valence-corrected chi connectivity index (χ4v) is 0.934. The van der Waals surface area contributed by atoms with E-state index in [1.54, 1.807) is 0 Å². The van der Waals surface area contributed by atoms with Crippen LogP contribution in [0.2, 0.25) is 0 Å². The monoisotopic (exact) mass is 215 g/mol. The van der Waals surface area contributed by atoms with Crippen LogP contribution in [0.5, 0.6) is 0 Å². The average molecular weight is 216 g/mol. The second kappa shape index (κ2) is 6.35. The molecule has 0 spiro atoms. The molecule has 0 aliphatic carbocycles. The highest BCUT2D eigenvalue weighted by molar-refractivity contribution is 9.11. The SMILES string of the molecule is C/C=C(Br)/C=C(/C)C=NCC. The van der Waals surface area contributed by atoms with E-state index >= 15 is 0 Å². The number of nitrogens with zero attached hydrogens (tertiary/aromatic N) is 1. The highest BCUT2D eigenvalue weighted by Gasteiger charge is 1.84. The summed E-state index contributed by atoms with van der Waals surface area (Å²) in [5.74, 6) is 0. The highest BCUT2D eigenvalue weighted by Crippen LogP contribution is 2.07. The lowest BCUT2D eigenvalue weighted by Crippen LogP contribution is -1.79. The normalized spacial score (nSPS) is 14.5. The van der Waals surface area contributed by atoms with Crippen LogP contribution >= 0.6 is 15.9 Å². The van der Waals surface area contributed by atoms with Crippen LogP contribution in [0, 0.1) is 0 Å². The second-order valence-corrected chi connectivity index (χ2v) is 3.11. The number of aliphatic imine (C=N–C) groups is 1. The smallest absolute Gasteiger partial charge is 0.0361 e. The van der Waals surface area contributed by atoms with E-state index in [0.717, 1.165) is 16.6 Å². The molecule has 0 saturated carbocycles. The van der Waals surface area contributed by atoms with E-state index in [-0.39, 0.29) is 0 Å². The maximum Gasteiger partial charge on any atom is 0.0361 e. The molecule has 0 bridgehead atoms. The lowest BCUT2D eigenvalue weighted by molar-refractivity contribution is 1.14. The lowest BCUT2D eigenvalue weighted by atomic mass is 10.3. The minimum absolute atomic E-state index is 0.846. The summed E-state index contributed by atoms with van der Waals surface area (Å²) in [7, 11) is 0. The first-order valence-electron chi connectivity index (χ1n) is 3.70. The molecule has 2 heteroatoms. The Hall–Kier alpha value is -0.370. The van der Waals surface area contributed by atoms with Crippen LogP contribution < -0.4 is 0 Å². The number of halogens is 1. The van der Waals surface area contributed by atoms with Crippen LogP contribution in [0.25, 0.3) is 0 Å². The number of allylic oxidation sites excluding steroid dienone is 4. The van der Waals surface area contributed by atoms with Crippen molar-refractivity contribution in [2.75, 3.05) is 6.54 Å². The van der Waals surface area contributed by atoms with E-state index in [9.17, 15) is 0 Å². The third-order valence-corrected chi connectivity index (χ3v) is 1.81. The van der Waals surface area contributed by atoms with E-state index in [1.165, 1.54) is 0 Å². The zero-order chi connectivity index (χ0) is 8.69. The Balaban J connectivity index is 4.11. The van der Waals surface area contributed by atoms with Crippen molar-refractivity contribution >= 4 is 22.1 Å². The first-order valence-corrected chi connectivity index (χ1v) is 4.50. The zero-order valence-electron chi connectivity index (χ0n) is 7.26. The van der Waals surface area contributed by atoms with Crippen LogP contribution in [0.15, 0.2) is 27.2 Å². The molecule has 62 valence electrons. The molecule has 0 radical (unpaired) electrons. The Morgan fingerprint density at radius 1 is 1.55 bits per heavy atom. The van der Waals surface area contributed by atoms with Gasteiger partial charge in [0.15, 0.2) is 0 Å². The summed E-state index contributed by atoms with van der Waals surface area (Å²) in [5.41, 5.74) is 1.16. The van der Waals surface area contributed by atoms with Gasteiger partial charge in [0.25, 0.3) is 0 Å². The molecule has 0 aliphatic rings. The van der Waals surface area contributed by atoms with Crippen LogP contribution in [0.1, 0.15) is 20.8 Å². The maximum atomic E-state index is 4.12. The van der Waals surface area contributed by atoms with Crippen molar-refractivity contribution in [1.82, 2.24) is 0 Å². The predicted molar refractivity (Wildman–Crippen MR) is 55.5 cm³/mol. The molecule has 0 aromatic carbocycles. The Morgan fingerprint density at radius 3 is 2.64 bits per heavy atom. The largest absolute Gasteiger partial charge is 0.293 e. The molecule has 0 amide bonds. The van der Waals surface area contributed by atoms with Crippen LogP contribution in [0.3, 0.4) is 0 Å². The molecule has 1 nitrogen and oxygen atoms in total. The van der Waals surface area contributed by atoms with Gasteiger partial charge in [-0.1, -0.05) is 22.0 Å². The van der Waals surface area contributed by atoms with Crippen molar-refractivity contribution in [2.45, 2.75) is 20.8 Å². The van der Waals surface area contributed by atoms with Gasteiger partial charge in [-0.3, -0.25) is 4.99 Å². The van der Waals surface area contributed by atoms with Gasteiger partial charge >= 0.3 is 0 Å². The standard InChI is InChI=1S/C9H14BrN/c1-4-9(10)6-8(3)7-11-5-2/h4,6-7H,5H2,1-3H3/b8-6-,9-4-,11-7?. The fourth-order valence-electron chi connectivity index (χ4n) is 0.573. The van der Waals surface area contributed by atoms with Crippen LogP contribution in [-0.2, 0) is 0 Å². The number of rotatable bonds is 3. The van der Waals surface area contributed by atoms with Crippen molar-refractivity contribution in [1.29, 1.82) is 0 Å². The van der Waals surface area contributed by atoms with Gasteiger partial charge in [-0.15, -0.1) is 0 Å². The molecule has 0 aromatic heterocycles. The van der Waals surface area contributed by atoms with Gasteiger partial charge in [0.1, 0.15) is 0 Å². The zero-order valence-corrected chi connectivity index (χ0v) is 8.85. The third-order valence-electron chi connectivity index (χ3n) is 1.12. The van der Waals surface area contributed by atoms with Crippen molar-refractivity contribution in [2.24, 2.45) is 4.99 Å². The first kappa shape index (κ1) is 10.6. The van der Waals surface area contributed by atoms with Crippen molar-refractivity contribution in [3.05, 3.63) is 22.2 Å². The van der Waals surface area contributed by atoms with Crippen LogP contribution in [0.4, 0.5) is 0 Å². The van der Waals surface area contributed by atoms with Gasteiger partial charge in [0, 0.05) is 17.2 Å². The molecule has 0 heterocycles. The Morgan fingerprint density at radius 2 is 2.18 bits per heavy atom. The molecule has 0 atom stereocenters. The molecule has 0 N–H and O–H groups in total. The van der Waals surface area contributed by atoms with Crippen molar-refractivity contribution in [3.8, 4) is 0 Å². The molecule has 0 aromatic rings. The molecule has 0 unspecified atom stereocenters. The van der Waals surface area contributed by atoms with Gasteiger partial charge in [0.05, 0.1) is 0 Å². The van der Waals surface area contributed by atoms with Gasteiger partial charge in [-0.25, -0.2) is 0 Å². The Kier molecular flexibility index (Phi) is 6.13. The van der Waals surface area contributed by atoms with Gasteiger partial charge in [0.2, 0.25) is 0 Å². The molecule has 0 fully saturated rings. The molecule has 0 rings (SSSR count). The molecule has 11 heavy (non-hydrogen) atoms. The van der Waals surface area contributed by atoms with Crippen LogP contribution in [-0.4, -0.2) is 12.8 Å². The predicted octanol–water partition coefficient (Wildman–Crippen LogP) is 3.32. The summed E-state index contributed by atoms with van der Waals surface area (Å²) in [5, 5.41) is 0. The van der Waals surface area contributed by atoms with Crippen molar-refractivity contribution < 1.29 is 0 Å². The molecule has 0 saturated heterocycles.